The Bertz CT molecular complexity index is 978. The fourth-order valence-electron chi connectivity index (χ4n) is 3.18. The van der Waals surface area contributed by atoms with Gasteiger partial charge in [0, 0.05) is 24.3 Å². The average Bonchev–Trinajstić information content (AvgIpc) is 2.68. The second-order valence-electron chi connectivity index (χ2n) is 6.82. The number of piperidine rings is 1. The Kier molecular flexibility index (Phi) is 5.47. The van der Waals surface area contributed by atoms with Gasteiger partial charge in [0.2, 0.25) is 0 Å². The Hall–Kier alpha value is -2.85. The second-order valence-corrected chi connectivity index (χ2v) is 8.50. The van der Waals surface area contributed by atoms with Gasteiger partial charge >= 0.3 is 0 Å². The number of carbonyl (C=O) groups excluding carboxylic acids is 1. The Morgan fingerprint density at radius 3 is 2.63 bits per heavy atom. The van der Waals surface area contributed by atoms with Crippen LogP contribution in [0.3, 0.4) is 0 Å². The van der Waals surface area contributed by atoms with Gasteiger partial charge in [0.15, 0.2) is 0 Å². The first-order valence-corrected chi connectivity index (χ1v) is 10.3. The lowest BCUT2D eigenvalue weighted by atomic mass is 9.99. The van der Waals surface area contributed by atoms with Gasteiger partial charge in [-0.2, -0.15) is 5.26 Å². The van der Waals surface area contributed by atoms with E-state index in [1.807, 2.05) is 6.07 Å². The molecule has 27 heavy (non-hydrogen) atoms. The quantitative estimate of drug-likeness (QED) is 0.878. The number of nitriles is 1. The van der Waals surface area contributed by atoms with E-state index in [4.69, 9.17) is 5.26 Å². The molecule has 1 aliphatic heterocycles. The number of sulfonamides is 1. The zero-order chi connectivity index (χ0) is 19.4. The molecule has 1 amide bonds. The third kappa shape index (κ3) is 4.47. The predicted octanol–water partition coefficient (Wildman–Crippen LogP) is 3.23. The largest absolute Gasteiger partial charge is 0.338 e. The fourth-order valence-corrected chi connectivity index (χ4v) is 4.28. The summed E-state index contributed by atoms with van der Waals surface area (Å²) in [4.78, 5) is 14.5. The first kappa shape index (κ1) is 18.9. The molecule has 2 aromatic carbocycles. The maximum atomic E-state index is 12.7. The van der Waals surface area contributed by atoms with E-state index in [9.17, 15) is 13.2 Å². The van der Waals surface area contributed by atoms with Crippen LogP contribution in [-0.4, -0.2) is 32.3 Å². The third-order valence-corrected chi connectivity index (χ3v) is 5.98. The fraction of sp³-hybridized carbons (Fsp3) is 0.300. The molecule has 1 heterocycles. The Morgan fingerprint density at radius 1 is 1.22 bits per heavy atom. The van der Waals surface area contributed by atoms with Crippen molar-refractivity contribution in [1.82, 2.24) is 4.90 Å². The van der Waals surface area contributed by atoms with Gasteiger partial charge in [0.1, 0.15) is 0 Å². The SMILES string of the molecule is CC1CCCN(C(=O)c2cccc(S(=O)(=O)Nc3ccc(C#N)cc3)c2)C1. The van der Waals surface area contributed by atoms with Crippen LogP contribution in [0.4, 0.5) is 5.69 Å². The van der Waals surface area contributed by atoms with Gasteiger partial charge in [0.05, 0.1) is 16.5 Å². The lowest BCUT2D eigenvalue weighted by Crippen LogP contribution is -2.39. The zero-order valence-corrected chi connectivity index (χ0v) is 15.9. The highest BCUT2D eigenvalue weighted by molar-refractivity contribution is 7.92. The van der Waals surface area contributed by atoms with Crippen LogP contribution in [0.5, 0.6) is 0 Å². The molecule has 1 N–H and O–H groups in total. The summed E-state index contributed by atoms with van der Waals surface area (Å²) in [5.74, 6) is 0.310. The van der Waals surface area contributed by atoms with Crippen molar-refractivity contribution in [2.75, 3.05) is 17.8 Å². The van der Waals surface area contributed by atoms with Gasteiger partial charge in [-0.05, 0) is 61.2 Å². The number of amides is 1. The summed E-state index contributed by atoms with van der Waals surface area (Å²) >= 11 is 0. The topological polar surface area (TPSA) is 90.3 Å². The summed E-state index contributed by atoms with van der Waals surface area (Å²) in [5, 5.41) is 8.82. The minimum atomic E-state index is -3.83. The van der Waals surface area contributed by atoms with E-state index in [0.717, 1.165) is 12.8 Å². The number of hydrogen-bond acceptors (Lipinski definition) is 4. The van der Waals surface area contributed by atoms with Crippen molar-refractivity contribution in [3.05, 3.63) is 59.7 Å². The summed E-state index contributed by atoms with van der Waals surface area (Å²) in [6.45, 7) is 3.50. The molecular weight excluding hydrogens is 362 g/mol. The molecule has 1 unspecified atom stereocenters. The van der Waals surface area contributed by atoms with Crippen molar-refractivity contribution < 1.29 is 13.2 Å². The van der Waals surface area contributed by atoms with Crippen LogP contribution in [0, 0.1) is 17.2 Å². The molecule has 2 aromatic rings. The average molecular weight is 383 g/mol. The molecule has 0 aliphatic carbocycles. The van der Waals surface area contributed by atoms with Gasteiger partial charge in [-0.3, -0.25) is 9.52 Å². The van der Waals surface area contributed by atoms with Gasteiger partial charge in [-0.25, -0.2) is 8.42 Å². The Balaban J connectivity index is 1.81. The van der Waals surface area contributed by atoms with E-state index < -0.39 is 10.0 Å². The number of anilines is 1. The van der Waals surface area contributed by atoms with Gasteiger partial charge in [-0.1, -0.05) is 13.0 Å². The monoisotopic (exact) mass is 383 g/mol. The molecule has 3 rings (SSSR count). The molecule has 0 radical (unpaired) electrons. The number of likely N-dealkylation sites (tertiary alicyclic amines) is 1. The van der Waals surface area contributed by atoms with Crippen molar-refractivity contribution in [2.24, 2.45) is 5.92 Å². The lowest BCUT2D eigenvalue weighted by Gasteiger charge is -2.31. The van der Waals surface area contributed by atoms with E-state index in [2.05, 4.69) is 11.6 Å². The van der Waals surface area contributed by atoms with E-state index in [1.165, 1.54) is 36.4 Å². The van der Waals surface area contributed by atoms with Crippen LogP contribution in [0.25, 0.3) is 0 Å². The molecule has 140 valence electrons. The number of nitrogens with zero attached hydrogens (tertiary/aromatic N) is 2. The lowest BCUT2D eigenvalue weighted by molar-refractivity contribution is 0.0683. The summed E-state index contributed by atoms with van der Waals surface area (Å²) in [7, 11) is -3.83. The first-order chi connectivity index (χ1) is 12.9. The predicted molar refractivity (Wildman–Crippen MR) is 103 cm³/mol. The third-order valence-electron chi connectivity index (χ3n) is 4.60. The zero-order valence-electron chi connectivity index (χ0n) is 15.1. The number of hydrogen-bond donors (Lipinski definition) is 1. The minimum Gasteiger partial charge on any atom is -0.338 e. The number of benzene rings is 2. The maximum absolute atomic E-state index is 12.7. The van der Waals surface area contributed by atoms with Gasteiger partial charge in [0.25, 0.3) is 15.9 Å². The molecule has 0 saturated carbocycles. The van der Waals surface area contributed by atoms with Crippen molar-refractivity contribution in [2.45, 2.75) is 24.7 Å². The van der Waals surface area contributed by atoms with Crippen molar-refractivity contribution in [3.8, 4) is 6.07 Å². The standard InChI is InChI=1S/C20H21N3O3S/c1-15-4-3-11-23(14-15)20(24)17-5-2-6-19(12-17)27(25,26)22-18-9-7-16(13-21)8-10-18/h2,5-10,12,15,22H,3-4,11,14H2,1H3. The highest BCUT2D eigenvalue weighted by Gasteiger charge is 2.23. The molecule has 1 atom stereocenters. The summed E-state index contributed by atoms with van der Waals surface area (Å²) < 4.78 is 27.8. The summed E-state index contributed by atoms with van der Waals surface area (Å²) in [6.07, 6.45) is 2.07. The molecule has 0 spiro atoms. The number of carbonyl (C=O) groups is 1. The van der Waals surface area contributed by atoms with Crippen LogP contribution >= 0.6 is 0 Å². The second kappa shape index (κ2) is 7.80. The summed E-state index contributed by atoms with van der Waals surface area (Å²) in [5.41, 5.74) is 1.17. The highest BCUT2D eigenvalue weighted by Crippen LogP contribution is 2.21. The molecule has 7 heteroatoms. The van der Waals surface area contributed by atoms with Crippen molar-refractivity contribution in [1.29, 1.82) is 5.26 Å². The van der Waals surface area contributed by atoms with Crippen LogP contribution in [-0.2, 0) is 10.0 Å². The molecule has 6 nitrogen and oxygen atoms in total. The van der Waals surface area contributed by atoms with E-state index in [0.29, 0.717) is 35.8 Å². The van der Waals surface area contributed by atoms with E-state index in [1.54, 1.807) is 17.0 Å². The highest BCUT2D eigenvalue weighted by atomic mass is 32.2. The van der Waals surface area contributed by atoms with Crippen molar-refractivity contribution in [3.63, 3.8) is 0 Å². The Labute approximate surface area is 159 Å². The normalized spacial score (nSPS) is 17.2. The van der Waals surface area contributed by atoms with Gasteiger partial charge < -0.3 is 4.90 Å². The van der Waals surface area contributed by atoms with Crippen LogP contribution in [0.1, 0.15) is 35.7 Å². The van der Waals surface area contributed by atoms with Gasteiger partial charge in [-0.15, -0.1) is 0 Å². The molecule has 0 bridgehead atoms. The maximum Gasteiger partial charge on any atom is 0.261 e. The number of nitrogens with one attached hydrogen (secondary N) is 1. The molecular formula is C20H21N3O3S. The molecule has 1 fully saturated rings. The number of rotatable bonds is 4. The smallest absolute Gasteiger partial charge is 0.261 e. The van der Waals surface area contributed by atoms with E-state index >= 15 is 0 Å². The molecule has 1 saturated heterocycles. The first-order valence-electron chi connectivity index (χ1n) is 8.81. The van der Waals surface area contributed by atoms with Crippen LogP contribution in [0.2, 0.25) is 0 Å². The molecule has 1 aliphatic rings. The van der Waals surface area contributed by atoms with Crippen LogP contribution in [0.15, 0.2) is 53.4 Å². The minimum absolute atomic E-state index is 0.0303. The Morgan fingerprint density at radius 2 is 1.96 bits per heavy atom. The van der Waals surface area contributed by atoms with Crippen LogP contribution < -0.4 is 4.72 Å². The summed E-state index contributed by atoms with van der Waals surface area (Å²) in [6, 6.07) is 14.2. The van der Waals surface area contributed by atoms with Crippen molar-refractivity contribution >= 4 is 21.6 Å². The molecule has 0 aromatic heterocycles. The van der Waals surface area contributed by atoms with E-state index in [-0.39, 0.29) is 10.8 Å².